The lowest BCUT2D eigenvalue weighted by atomic mass is 10.1. The molecule has 0 bridgehead atoms. The highest BCUT2D eigenvalue weighted by atomic mass is 79.9. The summed E-state index contributed by atoms with van der Waals surface area (Å²) < 4.78 is 1.11. The van der Waals surface area contributed by atoms with Crippen LogP contribution in [0.3, 0.4) is 0 Å². The molecule has 1 atom stereocenters. The Hall–Kier alpha value is -1.17. The molecule has 118 valence electrons. The molecule has 5 heteroatoms. The van der Waals surface area contributed by atoms with Gasteiger partial charge in [0.15, 0.2) is 0 Å². The molecule has 1 heterocycles. The van der Waals surface area contributed by atoms with Crippen molar-refractivity contribution in [3.63, 3.8) is 0 Å². The number of likely N-dealkylation sites (N-methyl/N-ethyl adjacent to an activating group) is 1. The van der Waals surface area contributed by atoms with Gasteiger partial charge in [0.25, 0.3) is 0 Å². The average molecular weight is 381 g/mol. The number of amides is 1. The van der Waals surface area contributed by atoms with Crippen LogP contribution < -0.4 is 5.32 Å². The zero-order chi connectivity index (χ0) is 16.3. The van der Waals surface area contributed by atoms with Crippen LogP contribution in [0, 0.1) is 13.8 Å². The van der Waals surface area contributed by atoms with Crippen LogP contribution in [-0.2, 0) is 11.3 Å². The number of nitrogens with one attached hydrogen (secondary N) is 1. The molecule has 1 unspecified atom stereocenters. The number of carbonyl (C=O) groups excluding carboxylic acids is 1. The van der Waals surface area contributed by atoms with Gasteiger partial charge in [0.2, 0.25) is 5.91 Å². The lowest BCUT2D eigenvalue weighted by Gasteiger charge is -2.23. The van der Waals surface area contributed by atoms with E-state index in [2.05, 4.69) is 38.3 Å². The van der Waals surface area contributed by atoms with Crippen molar-refractivity contribution in [1.29, 1.82) is 0 Å². The predicted octanol–water partition coefficient (Wildman–Crippen LogP) is 4.59. The summed E-state index contributed by atoms with van der Waals surface area (Å²) >= 11 is 5.16. The van der Waals surface area contributed by atoms with E-state index in [0.29, 0.717) is 0 Å². The van der Waals surface area contributed by atoms with Crippen molar-refractivity contribution in [2.75, 3.05) is 12.4 Å². The highest BCUT2D eigenvalue weighted by Gasteiger charge is 2.19. The van der Waals surface area contributed by atoms with Crippen LogP contribution in [0.25, 0.3) is 0 Å². The molecule has 0 aliphatic carbocycles. The summed E-state index contributed by atoms with van der Waals surface area (Å²) in [5, 5.41) is 3.04. The number of anilines is 1. The van der Waals surface area contributed by atoms with Gasteiger partial charge in [0, 0.05) is 17.1 Å². The minimum atomic E-state index is -0.194. The average Bonchev–Trinajstić information content (AvgIpc) is 2.87. The number of halogens is 1. The number of benzene rings is 1. The van der Waals surface area contributed by atoms with Gasteiger partial charge in [-0.2, -0.15) is 0 Å². The summed E-state index contributed by atoms with van der Waals surface area (Å²) in [6.07, 6.45) is 0. The molecular formula is C17H21BrN2OS. The zero-order valence-electron chi connectivity index (χ0n) is 13.3. The van der Waals surface area contributed by atoms with Crippen molar-refractivity contribution in [1.82, 2.24) is 4.90 Å². The van der Waals surface area contributed by atoms with Crippen molar-refractivity contribution in [2.45, 2.75) is 33.4 Å². The summed E-state index contributed by atoms with van der Waals surface area (Å²) in [6, 6.07) is 10.0. The molecular weight excluding hydrogens is 360 g/mol. The Balaban J connectivity index is 2.00. The van der Waals surface area contributed by atoms with Gasteiger partial charge in [-0.15, -0.1) is 11.3 Å². The monoisotopic (exact) mass is 380 g/mol. The van der Waals surface area contributed by atoms with Crippen molar-refractivity contribution < 1.29 is 4.79 Å². The van der Waals surface area contributed by atoms with Gasteiger partial charge in [-0.3, -0.25) is 9.69 Å². The number of aryl methyl sites for hydroxylation is 2. The quantitative estimate of drug-likeness (QED) is 0.822. The molecule has 0 spiro atoms. The van der Waals surface area contributed by atoms with Gasteiger partial charge >= 0.3 is 0 Å². The predicted molar refractivity (Wildman–Crippen MR) is 97.5 cm³/mol. The highest BCUT2D eigenvalue weighted by Crippen LogP contribution is 2.23. The Bertz CT molecular complexity index is 668. The smallest absolute Gasteiger partial charge is 0.241 e. The van der Waals surface area contributed by atoms with E-state index in [-0.39, 0.29) is 11.9 Å². The Morgan fingerprint density at radius 2 is 2.05 bits per heavy atom. The van der Waals surface area contributed by atoms with E-state index < -0.39 is 0 Å². The maximum Gasteiger partial charge on any atom is 0.241 e. The van der Waals surface area contributed by atoms with Crippen LogP contribution >= 0.6 is 27.3 Å². The topological polar surface area (TPSA) is 32.3 Å². The van der Waals surface area contributed by atoms with Crippen LogP contribution in [0.1, 0.15) is 22.9 Å². The first-order chi connectivity index (χ1) is 10.4. The zero-order valence-corrected chi connectivity index (χ0v) is 15.7. The molecule has 1 N–H and O–H groups in total. The van der Waals surface area contributed by atoms with Gasteiger partial charge in [-0.05, 0) is 73.1 Å². The minimum Gasteiger partial charge on any atom is -0.324 e. The summed E-state index contributed by atoms with van der Waals surface area (Å²) in [5.74, 6) is 0.0202. The highest BCUT2D eigenvalue weighted by molar-refractivity contribution is 9.11. The number of thiophene rings is 1. The molecule has 0 fully saturated rings. The molecule has 0 aliphatic rings. The molecule has 1 aromatic carbocycles. The van der Waals surface area contributed by atoms with E-state index in [9.17, 15) is 4.79 Å². The van der Waals surface area contributed by atoms with Crippen LogP contribution in [0.4, 0.5) is 5.69 Å². The van der Waals surface area contributed by atoms with Crippen molar-refractivity contribution in [3.8, 4) is 0 Å². The molecule has 0 radical (unpaired) electrons. The van der Waals surface area contributed by atoms with Crippen molar-refractivity contribution in [2.24, 2.45) is 0 Å². The van der Waals surface area contributed by atoms with Gasteiger partial charge in [-0.1, -0.05) is 12.1 Å². The van der Waals surface area contributed by atoms with E-state index in [1.165, 1.54) is 4.88 Å². The fraction of sp³-hybridized carbons (Fsp3) is 0.353. The number of hydrogen-bond acceptors (Lipinski definition) is 3. The van der Waals surface area contributed by atoms with E-state index in [4.69, 9.17) is 0 Å². The number of hydrogen-bond donors (Lipinski definition) is 1. The molecule has 3 nitrogen and oxygen atoms in total. The van der Waals surface area contributed by atoms with Gasteiger partial charge in [0.05, 0.1) is 9.83 Å². The molecule has 0 saturated carbocycles. The normalized spacial score (nSPS) is 12.5. The molecule has 2 rings (SSSR count). The molecule has 0 saturated heterocycles. The van der Waals surface area contributed by atoms with E-state index >= 15 is 0 Å². The molecule has 1 amide bonds. The van der Waals surface area contributed by atoms with Gasteiger partial charge in [-0.25, -0.2) is 0 Å². The van der Waals surface area contributed by atoms with Crippen LogP contribution in [0.5, 0.6) is 0 Å². The summed E-state index contributed by atoms with van der Waals surface area (Å²) in [6.45, 7) is 6.73. The molecule has 1 aromatic heterocycles. The number of carbonyl (C=O) groups is 1. The first-order valence-corrected chi connectivity index (χ1v) is 8.80. The lowest BCUT2D eigenvalue weighted by Crippen LogP contribution is -2.39. The Morgan fingerprint density at radius 1 is 1.32 bits per heavy atom. The Labute approximate surface area is 144 Å². The van der Waals surface area contributed by atoms with E-state index in [1.807, 2.05) is 46.0 Å². The standard InChI is InChI=1S/C17H21BrN2OS/c1-11-5-6-12(2)15(9-11)19-17(21)13(3)20(4)10-14-7-8-16(18)22-14/h5-9,13H,10H2,1-4H3,(H,19,21). The van der Waals surface area contributed by atoms with E-state index in [1.54, 1.807) is 11.3 Å². The van der Waals surface area contributed by atoms with Crippen LogP contribution in [0.15, 0.2) is 34.1 Å². The largest absolute Gasteiger partial charge is 0.324 e. The first-order valence-electron chi connectivity index (χ1n) is 7.19. The number of nitrogens with zero attached hydrogens (tertiary/aromatic N) is 1. The second kappa shape index (κ2) is 7.40. The van der Waals surface area contributed by atoms with Crippen LogP contribution in [0.2, 0.25) is 0 Å². The Morgan fingerprint density at radius 3 is 2.68 bits per heavy atom. The summed E-state index contributed by atoms with van der Waals surface area (Å²) in [7, 11) is 1.97. The van der Waals surface area contributed by atoms with Crippen molar-refractivity contribution in [3.05, 3.63) is 50.1 Å². The maximum absolute atomic E-state index is 12.5. The second-order valence-electron chi connectivity index (χ2n) is 5.60. The first kappa shape index (κ1) is 17.2. The third kappa shape index (κ3) is 4.41. The van der Waals surface area contributed by atoms with Crippen molar-refractivity contribution >= 4 is 38.9 Å². The maximum atomic E-state index is 12.5. The minimum absolute atomic E-state index is 0.0202. The molecule has 0 aliphatic heterocycles. The fourth-order valence-corrected chi connectivity index (χ4v) is 3.67. The third-order valence-electron chi connectivity index (χ3n) is 3.73. The summed E-state index contributed by atoms with van der Waals surface area (Å²) in [5.41, 5.74) is 3.12. The summed E-state index contributed by atoms with van der Waals surface area (Å²) in [4.78, 5) is 15.7. The van der Waals surface area contributed by atoms with Gasteiger partial charge in [0.1, 0.15) is 0 Å². The number of rotatable bonds is 5. The molecule has 22 heavy (non-hydrogen) atoms. The second-order valence-corrected chi connectivity index (χ2v) is 8.15. The van der Waals surface area contributed by atoms with Crippen LogP contribution in [-0.4, -0.2) is 23.9 Å². The Kier molecular flexibility index (Phi) is 5.78. The third-order valence-corrected chi connectivity index (χ3v) is 5.33. The SMILES string of the molecule is Cc1ccc(C)c(NC(=O)C(C)N(C)Cc2ccc(Br)s2)c1. The van der Waals surface area contributed by atoms with E-state index in [0.717, 1.165) is 27.1 Å². The lowest BCUT2D eigenvalue weighted by molar-refractivity contribution is -0.120. The van der Waals surface area contributed by atoms with Gasteiger partial charge < -0.3 is 5.32 Å². The fourth-order valence-electron chi connectivity index (χ4n) is 2.13. The molecule has 2 aromatic rings.